The average Bonchev–Trinajstić information content (AvgIpc) is 2.40. The zero-order valence-electron chi connectivity index (χ0n) is 9.82. The third-order valence-corrected chi connectivity index (χ3v) is 3.27. The zero-order valence-corrected chi connectivity index (χ0v) is 11.4. The Morgan fingerprint density at radius 1 is 1.26 bits per heavy atom. The average molecular weight is 321 g/mol. The molecular weight excluding hydrogens is 311 g/mol. The Kier molecular flexibility index (Phi) is 4.03. The first kappa shape index (κ1) is 13.4. The summed E-state index contributed by atoms with van der Waals surface area (Å²) in [5.41, 5.74) is 1.78. The highest BCUT2D eigenvalue weighted by Gasteiger charge is 2.05. The van der Waals surface area contributed by atoms with Crippen LogP contribution in [0, 0.1) is 17.1 Å². The second kappa shape index (κ2) is 5.72. The van der Waals surface area contributed by atoms with Gasteiger partial charge in [-0.1, -0.05) is 0 Å². The number of nitriles is 1. The van der Waals surface area contributed by atoms with Gasteiger partial charge in [-0.2, -0.15) is 5.26 Å². The third kappa shape index (κ3) is 3.24. The van der Waals surface area contributed by atoms with Crippen LogP contribution in [0.3, 0.4) is 0 Å². The molecule has 0 spiro atoms. The molecule has 0 amide bonds. The molecule has 0 saturated carbocycles. The van der Waals surface area contributed by atoms with E-state index in [1.54, 1.807) is 18.2 Å². The van der Waals surface area contributed by atoms with E-state index in [1.807, 2.05) is 6.07 Å². The number of phenolic OH excluding ortho intramolecular Hbond substituents is 1. The predicted octanol–water partition coefficient (Wildman–Crippen LogP) is 3.78. The fraction of sp³-hybridized carbons (Fsp3) is 0.0714. The number of hydrogen-bond acceptors (Lipinski definition) is 3. The van der Waals surface area contributed by atoms with E-state index in [2.05, 4.69) is 21.2 Å². The number of rotatable bonds is 3. The lowest BCUT2D eigenvalue weighted by molar-refractivity contribution is 0.466. The van der Waals surface area contributed by atoms with Crippen molar-refractivity contribution in [3.8, 4) is 11.8 Å². The molecule has 0 aromatic heterocycles. The van der Waals surface area contributed by atoms with Crippen LogP contribution < -0.4 is 5.32 Å². The van der Waals surface area contributed by atoms with Gasteiger partial charge < -0.3 is 10.4 Å². The molecule has 19 heavy (non-hydrogen) atoms. The second-order valence-electron chi connectivity index (χ2n) is 3.93. The molecule has 3 nitrogen and oxygen atoms in total. The van der Waals surface area contributed by atoms with E-state index in [0.717, 1.165) is 10.2 Å². The van der Waals surface area contributed by atoms with Crippen molar-refractivity contribution in [2.24, 2.45) is 0 Å². The number of anilines is 1. The smallest absolute Gasteiger partial charge is 0.123 e. The van der Waals surface area contributed by atoms with Crippen molar-refractivity contribution in [3.05, 3.63) is 57.8 Å². The molecule has 2 aromatic rings. The highest BCUT2D eigenvalue weighted by Crippen LogP contribution is 2.25. The Morgan fingerprint density at radius 2 is 2.05 bits per heavy atom. The molecule has 0 aliphatic carbocycles. The maximum Gasteiger partial charge on any atom is 0.123 e. The Labute approximate surface area is 118 Å². The van der Waals surface area contributed by atoms with Crippen molar-refractivity contribution in [1.82, 2.24) is 0 Å². The summed E-state index contributed by atoms with van der Waals surface area (Å²) in [6, 6.07) is 11.0. The first-order chi connectivity index (χ1) is 9.10. The molecule has 0 heterocycles. The molecule has 0 saturated heterocycles. The molecule has 0 atom stereocenters. The minimum atomic E-state index is -0.395. The first-order valence-corrected chi connectivity index (χ1v) is 6.30. The Morgan fingerprint density at radius 3 is 2.74 bits per heavy atom. The van der Waals surface area contributed by atoms with E-state index in [4.69, 9.17) is 5.26 Å². The number of phenols is 1. The number of benzene rings is 2. The quantitative estimate of drug-likeness (QED) is 0.904. The van der Waals surface area contributed by atoms with Gasteiger partial charge in [-0.15, -0.1) is 0 Å². The van der Waals surface area contributed by atoms with E-state index in [9.17, 15) is 9.50 Å². The zero-order chi connectivity index (χ0) is 13.8. The second-order valence-corrected chi connectivity index (χ2v) is 4.79. The molecule has 0 aliphatic rings. The summed E-state index contributed by atoms with van der Waals surface area (Å²) < 4.78 is 13.8. The summed E-state index contributed by atoms with van der Waals surface area (Å²) in [5, 5.41) is 21.4. The summed E-state index contributed by atoms with van der Waals surface area (Å²) in [6.07, 6.45) is 0. The summed E-state index contributed by atoms with van der Waals surface area (Å²) in [4.78, 5) is 0. The SMILES string of the molecule is N#Cc1ccc(NCc2cc(F)ccc2O)c(Br)c1. The van der Waals surface area contributed by atoms with Crippen molar-refractivity contribution >= 4 is 21.6 Å². The van der Waals surface area contributed by atoms with E-state index in [0.29, 0.717) is 11.1 Å². The summed E-state index contributed by atoms with van der Waals surface area (Å²) in [5.74, 6) is -0.354. The summed E-state index contributed by atoms with van der Waals surface area (Å²) in [6.45, 7) is 0.286. The van der Waals surface area contributed by atoms with Crippen LogP contribution in [0.4, 0.5) is 10.1 Å². The molecule has 0 aliphatic heterocycles. The third-order valence-electron chi connectivity index (χ3n) is 2.61. The van der Waals surface area contributed by atoms with Crippen molar-refractivity contribution in [1.29, 1.82) is 5.26 Å². The number of nitrogens with one attached hydrogen (secondary N) is 1. The molecule has 2 N–H and O–H groups in total. The number of halogens is 2. The Hall–Kier alpha value is -2.06. The number of nitrogens with zero attached hydrogens (tertiary/aromatic N) is 1. The molecular formula is C14H10BrFN2O. The van der Waals surface area contributed by atoms with Gasteiger partial charge in [0.15, 0.2) is 0 Å². The summed E-state index contributed by atoms with van der Waals surface area (Å²) in [7, 11) is 0. The van der Waals surface area contributed by atoms with Crippen LogP contribution in [0.2, 0.25) is 0 Å². The molecule has 2 aromatic carbocycles. The van der Waals surface area contributed by atoms with Crippen molar-refractivity contribution in [3.63, 3.8) is 0 Å². The van der Waals surface area contributed by atoms with E-state index < -0.39 is 5.82 Å². The van der Waals surface area contributed by atoms with Gasteiger partial charge in [-0.3, -0.25) is 0 Å². The van der Waals surface area contributed by atoms with E-state index >= 15 is 0 Å². The largest absolute Gasteiger partial charge is 0.508 e. The molecule has 2 rings (SSSR count). The molecule has 0 fully saturated rings. The normalized spacial score (nSPS) is 9.95. The van der Waals surface area contributed by atoms with Gasteiger partial charge in [0.2, 0.25) is 0 Å². The highest BCUT2D eigenvalue weighted by molar-refractivity contribution is 9.10. The van der Waals surface area contributed by atoms with Crippen LogP contribution >= 0.6 is 15.9 Å². The molecule has 96 valence electrons. The van der Waals surface area contributed by atoms with Gasteiger partial charge >= 0.3 is 0 Å². The van der Waals surface area contributed by atoms with Crippen molar-refractivity contribution in [2.75, 3.05) is 5.32 Å². The maximum absolute atomic E-state index is 13.1. The van der Waals surface area contributed by atoms with E-state index in [1.165, 1.54) is 18.2 Å². The summed E-state index contributed by atoms with van der Waals surface area (Å²) >= 11 is 3.34. The van der Waals surface area contributed by atoms with Gasteiger partial charge in [0.25, 0.3) is 0 Å². The fourth-order valence-electron chi connectivity index (χ4n) is 1.61. The fourth-order valence-corrected chi connectivity index (χ4v) is 2.13. The van der Waals surface area contributed by atoms with E-state index in [-0.39, 0.29) is 12.3 Å². The number of aromatic hydroxyl groups is 1. The van der Waals surface area contributed by atoms with Gasteiger partial charge in [0.05, 0.1) is 11.6 Å². The van der Waals surface area contributed by atoms with Crippen LogP contribution in [0.25, 0.3) is 0 Å². The van der Waals surface area contributed by atoms with Crippen molar-refractivity contribution in [2.45, 2.75) is 6.54 Å². The van der Waals surface area contributed by atoms with Crippen LogP contribution in [0.5, 0.6) is 5.75 Å². The number of hydrogen-bond donors (Lipinski definition) is 2. The minimum Gasteiger partial charge on any atom is -0.508 e. The lowest BCUT2D eigenvalue weighted by atomic mass is 10.2. The predicted molar refractivity (Wildman–Crippen MR) is 74.2 cm³/mol. The lowest BCUT2D eigenvalue weighted by Crippen LogP contribution is -2.01. The standard InChI is InChI=1S/C14H10BrFN2O/c15-12-5-9(7-17)1-3-13(12)18-8-10-6-11(16)2-4-14(10)19/h1-6,18-19H,8H2. The van der Waals surface area contributed by atoms with Crippen molar-refractivity contribution < 1.29 is 9.50 Å². The highest BCUT2D eigenvalue weighted by atomic mass is 79.9. The Balaban J connectivity index is 2.15. The van der Waals surface area contributed by atoms with Gasteiger partial charge in [-0.05, 0) is 52.3 Å². The molecule has 0 bridgehead atoms. The monoisotopic (exact) mass is 320 g/mol. The Bertz CT molecular complexity index is 652. The maximum atomic E-state index is 13.1. The van der Waals surface area contributed by atoms with Gasteiger partial charge in [0.1, 0.15) is 11.6 Å². The molecule has 0 radical (unpaired) electrons. The minimum absolute atomic E-state index is 0.0404. The lowest BCUT2D eigenvalue weighted by Gasteiger charge is -2.10. The van der Waals surface area contributed by atoms with Crippen LogP contribution in [0.1, 0.15) is 11.1 Å². The topological polar surface area (TPSA) is 56.0 Å². The van der Waals surface area contributed by atoms with Crippen LogP contribution in [0.15, 0.2) is 40.9 Å². The first-order valence-electron chi connectivity index (χ1n) is 5.51. The van der Waals surface area contributed by atoms with Crippen LogP contribution in [-0.2, 0) is 6.54 Å². The molecule has 0 unspecified atom stereocenters. The molecule has 5 heteroatoms. The van der Waals surface area contributed by atoms with Crippen LogP contribution in [-0.4, -0.2) is 5.11 Å². The van der Waals surface area contributed by atoms with Gasteiger partial charge in [-0.25, -0.2) is 4.39 Å². The van der Waals surface area contributed by atoms with Gasteiger partial charge in [0, 0.05) is 22.3 Å².